The fraction of sp³-hybridized carbons (Fsp3) is 1.00. The highest BCUT2D eigenvalue weighted by Crippen LogP contribution is 2.42. The zero-order valence-electron chi connectivity index (χ0n) is 11.0. The molecule has 2 aliphatic rings. The second-order valence-corrected chi connectivity index (χ2v) is 5.72. The average molecular weight is 246 g/mol. The van der Waals surface area contributed by atoms with Crippen molar-refractivity contribution < 1.29 is 8.78 Å². The lowest BCUT2D eigenvalue weighted by Crippen LogP contribution is -2.52. The minimum atomic E-state index is -2.36. The minimum absolute atomic E-state index is 0.110. The van der Waals surface area contributed by atoms with Gasteiger partial charge in [-0.05, 0) is 19.3 Å². The van der Waals surface area contributed by atoms with Crippen molar-refractivity contribution in [3.8, 4) is 0 Å². The van der Waals surface area contributed by atoms with Gasteiger partial charge in [-0.1, -0.05) is 6.92 Å². The molecule has 1 heterocycles. The third-order valence-electron chi connectivity index (χ3n) is 4.31. The van der Waals surface area contributed by atoms with E-state index < -0.39 is 5.92 Å². The van der Waals surface area contributed by atoms with E-state index in [-0.39, 0.29) is 18.8 Å². The molecule has 2 fully saturated rings. The Morgan fingerprint density at radius 1 is 1.18 bits per heavy atom. The van der Waals surface area contributed by atoms with Crippen molar-refractivity contribution in [3.05, 3.63) is 0 Å². The number of nitrogens with zero attached hydrogens (tertiary/aromatic N) is 2. The predicted octanol–water partition coefficient (Wildman–Crippen LogP) is 2.45. The standard InChI is InChI=1S/C13H24F2N2/c1-3-11(2)17-6-4-16(5-7-17)10-12-8-13(14,15)9-12/h11-12H,3-10H2,1-2H3. The minimum Gasteiger partial charge on any atom is -0.301 e. The Balaban J connectivity index is 1.66. The number of piperazine rings is 1. The van der Waals surface area contributed by atoms with Gasteiger partial charge in [0.2, 0.25) is 5.92 Å². The van der Waals surface area contributed by atoms with E-state index in [1.54, 1.807) is 0 Å². The first kappa shape index (κ1) is 13.2. The Kier molecular flexibility index (Phi) is 4.03. The van der Waals surface area contributed by atoms with E-state index in [9.17, 15) is 8.78 Å². The van der Waals surface area contributed by atoms with Gasteiger partial charge in [-0.15, -0.1) is 0 Å². The number of halogens is 2. The molecule has 2 nitrogen and oxygen atoms in total. The van der Waals surface area contributed by atoms with Crippen molar-refractivity contribution in [2.75, 3.05) is 32.7 Å². The lowest BCUT2D eigenvalue weighted by atomic mass is 9.81. The molecule has 1 aliphatic carbocycles. The van der Waals surface area contributed by atoms with Crippen LogP contribution in [0.15, 0.2) is 0 Å². The van der Waals surface area contributed by atoms with Crippen LogP contribution in [0.25, 0.3) is 0 Å². The maximum atomic E-state index is 12.7. The molecule has 0 spiro atoms. The number of alkyl halides is 2. The lowest BCUT2D eigenvalue weighted by molar-refractivity contribution is -0.118. The van der Waals surface area contributed by atoms with E-state index >= 15 is 0 Å². The maximum Gasteiger partial charge on any atom is 0.248 e. The van der Waals surface area contributed by atoms with Crippen LogP contribution in [0, 0.1) is 5.92 Å². The van der Waals surface area contributed by atoms with Gasteiger partial charge in [-0.2, -0.15) is 0 Å². The van der Waals surface area contributed by atoms with Crippen LogP contribution in [0.5, 0.6) is 0 Å². The Hall–Kier alpha value is -0.220. The molecule has 1 saturated heterocycles. The van der Waals surface area contributed by atoms with Gasteiger partial charge in [0.25, 0.3) is 0 Å². The van der Waals surface area contributed by atoms with Crippen molar-refractivity contribution in [1.29, 1.82) is 0 Å². The van der Waals surface area contributed by atoms with Gasteiger partial charge in [-0.3, -0.25) is 4.90 Å². The van der Waals surface area contributed by atoms with Crippen LogP contribution in [0.1, 0.15) is 33.1 Å². The van der Waals surface area contributed by atoms with E-state index in [2.05, 4.69) is 23.6 Å². The second kappa shape index (κ2) is 5.19. The molecule has 1 saturated carbocycles. The van der Waals surface area contributed by atoms with Crippen LogP contribution < -0.4 is 0 Å². The van der Waals surface area contributed by atoms with Gasteiger partial charge in [0.05, 0.1) is 0 Å². The first-order chi connectivity index (χ1) is 8.00. The summed E-state index contributed by atoms with van der Waals surface area (Å²) in [5, 5.41) is 0. The lowest BCUT2D eigenvalue weighted by Gasteiger charge is -2.42. The summed E-state index contributed by atoms with van der Waals surface area (Å²) >= 11 is 0. The normalized spacial score (nSPS) is 28.9. The smallest absolute Gasteiger partial charge is 0.248 e. The van der Waals surface area contributed by atoms with Crippen molar-refractivity contribution in [3.63, 3.8) is 0 Å². The maximum absolute atomic E-state index is 12.7. The van der Waals surface area contributed by atoms with Gasteiger partial charge < -0.3 is 4.90 Å². The number of rotatable bonds is 4. The molecular weight excluding hydrogens is 222 g/mol. The van der Waals surface area contributed by atoms with Gasteiger partial charge >= 0.3 is 0 Å². The first-order valence-corrected chi connectivity index (χ1v) is 6.84. The third-order valence-corrected chi connectivity index (χ3v) is 4.31. The molecule has 17 heavy (non-hydrogen) atoms. The predicted molar refractivity (Wildman–Crippen MR) is 65.4 cm³/mol. The van der Waals surface area contributed by atoms with Crippen LogP contribution in [0.2, 0.25) is 0 Å². The summed E-state index contributed by atoms with van der Waals surface area (Å²) < 4.78 is 25.5. The van der Waals surface area contributed by atoms with Crippen molar-refractivity contribution >= 4 is 0 Å². The van der Waals surface area contributed by atoms with Crippen LogP contribution in [-0.2, 0) is 0 Å². The Morgan fingerprint density at radius 3 is 2.24 bits per heavy atom. The van der Waals surface area contributed by atoms with E-state index in [1.165, 1.54) is 6.42 Å². The molecule has 0 aromatic heterocycles. The summed E-state index contributed by atoms with van der Waals surface area (Å²) in [6.07, 6.45) is 1.41. The SMILES string of the molecule is CCC(C)N1CCN(CC2CC(F)(F)C2)CC1. The van der Waals surface area contributed by atoms with Crippen LogP contribution in [0.3, 0.4) is 0 Å². The Labute approximate surface area is 103 Å². The monoisotopic (exact) mass is 246 g/mol. The summed E-state index contributed by atoms with van der Waals surface area (Å²) in [4.78, 5) is 4.87. The molecule has 0 aromatic carbocycles. The fourth-order valence-electron chi connectivity index (χ4n) is 2.92. The van der Waals surface area contributed by atoms with Crippen molar-refractivity contribution in [2.45, 2.75) is 45.1 Å². The van der Waals surface area contributed by atoms with E-state index in [0.717, 1.165) is 32.7 Å². The summed E-state index contributed by atoms with van der Waals surface area (Å²) in [5.74, 6) is -2.12. The van der Waals surface area contributed by atoms with Crippen LogP contribution >= 0.6 is 0 Å². The molecule has 0 amide bonds. The van der Waals surface area contributed by atoms with E-state index in [4.69, 9.17) is 0 Å². The highest BCUT2D eigenvalue weighted by Gasteiger charge is 2.45. The van der Waals surface area contributed by atoms with E-state index in [0.29, 0.717) is 6.04 Å². The average Bonchev–Trinajstić information content (AvgIpc) is 2.26. The quantitative estimate of drug-likeness (QED) is 0.752. The van der Waals surface area contributed by atoms with Gasteiger partial charge in [0, 0.05) is 51.6 Å². The summed E-state index contributed by atoms with van der Waals surface area (Å²) in [7, 11) is 0. The molecule has 1 atom stereocenters. The molecule has 1 unspecified atom stereocenters. The summed E-state index contributed by atoms with van der Waals surface area (Å²) in [6.45, 7) is 9.65. The van der Waals surface area contributed by atoms with E-state index in [1.807, 2.05) is 0 Å². The van der Waals surface area contributed by atoms with Crippen molar-refractivity contribution in [1.82, 2.24) is 9.80 Å². The summed E-state index contributed by atoms with van der Waals surface area (Å²) in [5.41, 5.74) is 0. The second-order valence-electron chi connectivity index (χ2n) is 5.72. The zero-order valence-corrected chi connectivity index (χ0v) is 11.0. The van der Waals surface area contributed by atoms with Crippen LogP contribution in [-0.4, -0.2) is 54.5 Å². The largest absolute Gasteiger partial charge is 0.301 e. The molecular formula is C13H24F2N2. The molecule has 2 rings (SSSR count). The topological polar surface area (TPSA) is 6.48 Å². The van der Waals surface area contributed by atoms with Gasteiger partial charge in [0.15, 0.2) is 0 Å². The first-order valence-electron chi connectivity index (χ1n) is 6.84. The molecule has 1 aliphatic heterocycles. The molecule has 0 radical (unpaired) electrons. The third kappa shape index (κ3) is 3.38. The fourth-order valence-corrected chi connectivity index (χ4v) is 2.92. The van der Waals surface area contributed by atoms with Crippen molar-refractivity contribution in [2.24, 2.45) is 5.92 Å². The molecule has 0 bridgehead atoms. The molecule has 4 heteroatoms. The van der Waals surface area contributed by atoms with Gasteiger partial charge in [0.1, 0.15) is 0 Å². The highest BCUT2D eigenvalue weighted by atomic mass is 19.3. The number of hydrogen-bond donors (Lipinski definition) is 0. The Morgan fingerprint density at radius 2 is 1.76 bits per heavy atom. The molecule has 0 aromatic rings. The Bertz CT molecular complexity index is 242. The zero-order chi connectivity index (χ0) is 12.5. The van der Waals surface area contributed by atoms with Gasteiger partial charge in [-0.25, -0.2) is 8.78 Å². The van der Waals surface area contributed by atoms with Crippen LogP contribution in [0.4, 0.5) is 8.78 Å². The highest BCUT2D eigenvalue weighted by molar-refractivity contribution is 4.89. The summed E-state index contributed by atoms with van der Waals surface area (Å²) in [6, 6.07) is 0.658. The number of hydrogen-bond acceptors (Lipinski definition) is 2. The molecule has 100 valence electrons. The molecule has 0 N–H and O–H groups in total.